The number of hydrogen-bond acceptors (Lipinski definition) is 5. The number of aliphatic hydroxyl groups excluding tert-OH is 2. The van der Waals surface area contributed by atoms with Gasteiger partial charge in [-0.2, -0.15) is 0 Å². The van der Waals surface area contributed by atoms with Crippen LogP contribution in [0.15, 0.2) is 36.5 Å². The monoisotopic (exact) mass is 1080 g/mol. The Bertz CT molecular complexity index is 1250. The lowest BCUT2D eigenvalue weighted by Crippen LogP contribution is -2.45. The number of carbonyl (C=O) groups excluding carboxylic acids is 2. The zero-order chi connectivity index (χ0) is 55.7. The Kier molecular flexibility index (Phi) is 64.9. The second kappa shape index (κ2) is 66.6. The van der Waals surface area contributed by atoms with Gasteiger partial charge in [0.2, 0.25) is 5.91 Å². The number of allylic oxidation sites excluding steroid dienone is 5. The first-order valence-corrected chi connectivity index (χ1v) is 34.8. The van der Waals surface area contributed by atoms with Crippen LogP contribution in [-0.4, -0.2) is 47.4 Å². The van der Waals surface area contributed by atoms with E-state index in [2.05, 4.69) is 43.5 Å². The molecular formula is C71H135NO5. The van der Waals surface area contributed by atoms with Crippen LogP contribution < -0.4 is 5.32 Å². The van der Waals surface area contributed by atoms with Crippen LogP contribution in [0, 0.1) is 0 Å². The van der Waals surface area contributed by atoms with Crippen LogP contribution in [-0.2, 0) is 14.3 Å². The van der Waals surface area contributed by atoms with Crippen molar-refractivity contribution in [2.75, 3.05) is 13.2 Å². The van der Waals surface area contributed by atoms with Gasteiger partial charge in [-0.3, -0.25) is 9.59 Å². The normalized spacial score (nSPS) is 12.7. The van der Waals surface area contributed by atoms with Crippen LogP contribution in [0.3, 0.4) is 0 Å². The van der Waals surface area contributed by atoms with Gasteiger partial charge in [0, 0.05) is 12.8 Å². The summed E-state index contributed by atoms with van der Waals surface area (Å²) in [5, 5.41) is 23.0. The van der Waals surface area contributed by atoms with Crippen molar-refractivity contribution >= 4 is 11.9 Å². The van der Waals surface area contributed by atoms with Gasteiger partial charge in [-0.15, -0.1) is 0 Å². The van der Waals surface area contributed by atoms with Gasteiger partial charge in [-0.05, 0) is 64.2 Å². The van der Waals surface area contributed by atoms with Crippen molar-refractivity contribution in [1.29, 1.82) is 0 Å². The van der Waals surface area contributed by atoms with Gasteiger partial charge in [-0.25, -0.2) is 0 Å². The summed E-state index contributed by atoms with van der Waals surface area (Å²) < 4.78 is 5.50. The number of rotatable bonds is 65. The molecule has 0 saturated heterocycles. The molecule has 0 saturated carbocycles. The molecule has 0 radical (unpaired) electrons. The molecule has 0 aliphatic heterocycles. The molecule has 0 heterocycles. The number of aliphatic hydroxyl groups is 2. The molecule has 2 atom stereocenters. The fourth-order valence-electron chi connectivity index (χ4n) is 10.8. The molecule has 6 heteroatoms. The van der Waals surface area contributed by atoms with E-state index >= 15 is 0 Å². The van der Waals surface area contributed by atoms with Gasteiger partial charge in [0.25, 0.3) is 0 Å². The highest BCUT2D eigenvalue weighted by atomic mass is 16.5. The predicted octanol–water partition coefficient (Wildman–Crippen LogP) is 22.3. The summed E-state index contributed by atoms with van der Waals surface area (Å²) in [6.45, 7) is 4.92. The molecule has 0 aliphatic carbocycles. The Morgan fingerprint density at radius 1 is 0.364 bits per heavy atom. The van der Waals surface area contributed by atoms with E-state index in [1.165, 1.54) is 308 Å². The van der Waals surface area contributed by atoms with Crippen molar-refractivity contribution in [3.05, 3.63) is 36.5 Å². The number of nitrogens with one attached hydrogen (secondary N) is 1. The Hall–Kier alpha value is -1.92. The Morgan fingerprint density at radius 2 is 0.649 bits per heavy atom. The maximum Gasteiger partial charge on any atom is 0.305 e. The van der Waals surface area contributed by atoms with E-state index in [-0.39, 0.29) is 18.5 Å². The molecule has 3 N–H and O–H groups in total. The number of hydrogen-bond donors (Lipinski definition) is 3. The topological polar surface area (TPSA) is 95.9 Å². The molecule has 77 heavy (non-hydrogen) atoms. The smallest absolute Gasteiger partial charge is 0.305 e. The van der Waals surface area contributed by atoms with Crippen molar-refractivity contribution in [2.24, 2.45) is 0 Å². The van der Waals surface area contributed by atoms with E-state index in [0.29, 0.717) is 19.4 Å². The third-order valence-corrected chi connectivity index (χ3v) is 16.2. The van der Waals surface area contributed by atoms with Crippen LogP contribution in [0.2, 0.25) is 0 Å². The Morgan fingerprint density at radius 3 is 0.987 bits per heavy atom. The molecular weight excluding hydrogens is 947 g/mol. The zero-order valence-electron chi connectivity index (χ0n) is 52.0. The molecule has 0 bridgehead atoms. The molecule has 0 rings (SSSR count). The molecule has 0 spiro atoms. The predicted molar refractivity (Wildman–Crippen MR) is 338 cm³/mol. The summed E-state index contributed by atoms with van der Waals surface area (Å²) in [6.07, 6.45) is 85.2. The summed E-state index contributed by atoms with van der Waals surface area (Å²) >= 11 is 0. The third kappa shape index (κ3) is 63.1. The van der Waals surface area contributed by atoms with Crippen molar-refractivity contribution in [2.45, 2.75) is 392 Å². The molecule has 6 nitrogen and oxygen atoms in total. The van der Waals surface area contributed by atoms with Gasteiger partial charge >= 0.3 is 5.97 Å². The number of ether oxygens (including phenoxy) is 1. The Labute approximate surface area is 481 Å². The van der Waals surface area contributed by atoms with Crippen LogP contribution in [0.1, 0.15) is 380 Å². The van der Waals surface area contributed by atoms with E-state index in [1.807, 2.05) is 6.08 Å². The highest BCUT2D eigenvalue weighted by Crippen LogP contribution is 2.18. The number of unbranched alkanes of at least 4 members (excludes halogenated alkanes) is 50. The molecule has 0 aromatic rings. The molecule has 0 aromatic heterocycles. The standard InChI is InChI=1S/C71H135NO5/c1-3-5-7-9-11-13-15-16-17-38-41-45-49-53-57-61-65-71(76)77-66-62-58-54-50-46-42-39-36-34-32-30-28-26-24-22-20-18-19-21-23-25-27-29-31-33-35-37-40-44-48-52-56-60-64-70(75)72-68(67-73)69(74)63-59-55-51-47-43-14-12-10-8-6-4-2/h22,24,28,30,59,63,68-69,73-74H,3-21,23,25-27,29,31-58,60-62,64-67H2,1-2H3,(H,72,75)/b24-22-,30-28-,63-59+. The van der Waals surface area contributed by atoms with Crippen molar-refractivity contribution in [1.82, 2.24) is 5.32 Å². The summed E-state index contributed by atoms with van der Waals surface area (Å²) in [6, 6.07) is -0.625. The first-order valence-electron chi connectivity index (χ1n) is 34.8. The van der Waals surface area contributed by atoms with E-state index in [1.54, 1.807) is 6.08 Å². The lowest BCUT2D eigenvalue weighted by molar-refractivity contribution is -0.143. The molecule has 0 fully saturated rings. The fourth-order valence-corrected chi connectivity index (χ4v) is 10.8. The van der Waals surface area contributed by atoms with Crippen LogP contribution >= 0.6 is 0 Å². The highest BCUT2D eigenvalue weighted by molar-refractivity contribution is 5.76. The molecule has 454 valence electrons. The van der Waals surface area contributed by atoms with E-state index in [4.69, 9.17) is 4.74 Å². The first-order chi connectivity index (χ1) is 38.0. The molecule has 0 aromatic carbocycles. The van der Waals surface area contributed by atoms with E-state index in [9.17, 15) is 19.8 Å². The van der Waals surface area contributed by atoms with Gasteiger partial charge in [0.1, 0.15) is 0 Å². The molecule has 2 unspecified atom stereocenters. The average molecular weight is 1080 g/mol. The Balaban J connectivity index is 3.36. The minimum Gasteiger partial charge on any atom is -0.466 e. The minimum absolute atomic E-state index is 0.0177. The van der Waals surface area contributed by atoms with Gasteiger partial charge < -0.3 is 20.3 Å². The number of amides is 1. The second-order valence-electron chi connectivity index (χ2n) is 23.9. The minimum atomic E-state index is -0.842. The lowest BCUT2D eigenvalue weighted by atomic mass is 10.0. The van der Waals surface area contributed by atoms with Crippen LogP contribution in [0.4, 0.5) is 0 Å². The van der Waals surface area contributed by atoms with Crippen LogP contribution in [0.25, 0.3) is 0 Å². The second-order valence-corrected chi connectivity index (χ2v) is 23.9. The molecule has 1 amide bonds. The lowest BCUT2D eigenvalue weighted by Gasteiger charge is -2.20. The maximum atomic E-state index is 12.4. The largest absolute Gasteiger partial charge is 0.466 e. The first kappa shape index (κ1) is 75.1. The van der Waals surface area contributed by atoms with Crippen molar-refractivity contribution in [3.8, 4) is 0 Å². The van der Waals surface area contributed by atoms with Crippen molar-refractivity contribution < 1.29 is 24.5 Å². The van der Waals surface area contributed by atoms with Crippen LogP contribution in [0.5, 0.6) is 0 Å². The number of carbonyl (C=O) groups is 2. The summed E-state index contributed by atoms with van der Waals surface area (Å²) in [5.41, 5.74) is 0. The highest BCUT2D eigenvalue weighted by Gasteiger charge is 2.18. The number of esters is 1. The van der Waals surface area contributed by atoms with E-state index in [0.717, 1.165) is 44.9 Å². The fraction of sp³-hybridized carbons (Fsp3) is 0.887. The van der Waals surface area contributed by atoms with Gasteiger partial charge in [0.15, 0.2) is 0 Å². The maximum absolute atomic E-state index is 12.4. The third-order valence-electron chi connectivity index (χ3n) is 16.2. The van der Waals surface area contributed by atoms with Gasteiger partial charge in [-0.1, -0.05) is 339 Å². The summed E-state index contributed by atoms with van der Waals surface area (Å²) in [4.78, 5) is 24.5. The van der Waals surface area contributed by atoms with E-state index < -0.39 is 12.1 Å². The zero-order valence-corrected chi connectivity index (χ0v) is 52.0. The average Bonchev–Trinajstić information content (AvgIpc) is 3.43. The van der Waals surface area contributed by atoms with Gasteiger partial charge in [0.05, 0.1) is 25.4 Å². The summed E-state index contributed by atoms with van der Waals surface area (Å²) in [7, 11) is 0. The SMILES string of the molecule is CCCCCCCCCCC/C=C/C(O)C(CO)NC(=O)CCCCCCCCCCCCCCCCCCC/C=C\C/C=C\CCCCCCCCCCCOC(=O)CCCCCCCCCCCCCCCCCC. The summed E-state index contributed by atoms with van der Waals surface area (Å²) in [5.74, 6) is -0.0485. The van der Waals surface area contributed by atoms with Crippen molar-refractivity contribution in [3.63, 3.8) is 0 Å². The quantitative estimate of drug-likeness (QED) is 0.0320. The molecule has 0 aliphatic rings.